The first-order valence-electron chi connectivity index (χ1n) is 8.19. The molecule has 4 rings (SSSR count). The lowest BCUT2D eigenvalue weighted by Crippen LogP contribution is -2.41. The molecular weight excluding hydrogens is 374 g/mol. The lowest BCUT2D eigenvalue weighted by Gasteiger charge is -2.31. The van der Waals surface area contributed by atoms with Crippen molar-refractivity contribution in [1.82, 2.24) is 19.5 Å². The van der Waals surface area contributed by atoms with Crippen molar-refractivity contribution in [2.75, 3.05) is 26.1 Å². The van der Waals surface area contributed by atoms with Crippen molar-refractivity contribution in [3.05, 3.63) is 12.7 Å². The molecule has 2 aliphatic rings. The van der Waals surface area contributed by atoms with Crippen LogP contribution in [-0.2, 0) is 23.0 Å². The molecule has 5 atom stereocenters. The summed E-state index contributed by atoms with van der Waals surface area (Å²) in [7, 11) is 4.61. The second-order valence-electron chi connectivity index (χ2n) is 6.00. The van der Waals surface area contributed by atoms with Gasteiger partial charge in [0.25, 0.3) is 0 Å². The van der Waals surface area contributed by atoms with Crippen LogP contribution in [0.5, 0.6) is 0 Å². The molecule has 0 bridgehead atoms. The number of methoxy groups -OCH3 is 1. The van der Waals surface area contributed by atoms with Crippen LogP contribution in [0.15, 0.2) is 12.7 Å². The van der Waals surface area contributed by atoms with Gasteiger partial charge in [-0.3, -0.25) is 4.57 Å². The molecule has 1 unspecified atom stereocenters. The minimum atomic E-state index is -3.05. The Morgan fingerprint density at radius 2 is 2.33 bits per heavy atom. The van der Waals surface area contributed by atoms with E-state index >= 15 is 0 Å². The summed E-state index contributed by atoms with van der Waals surface area (Å²) in [6.07, 6.45) is 1.12. The summed E-state index contributed by atoms with van der Waals surface area (Å²) in [6.45, 7) is 0.310. The summed E-state index contributed by atoms with van der Waals surface area (Å²) in [6, 6.07) is 1.98. The average Bonchev–Trinajstić information content (AvgIpc) is 3.23. The molecule has 2 radical (unpaired) electrons. The number of nitriles is 1. The predicted octanol–water partition coefficient (Wildman–Crippen LogP) is 0.513. The van der Waals surface area contributed by atoms with E-state index in [9.17, 15) is 0 Å². The zero-order valence-electron chi connectivity index (χ0n) is 14.5. The number of nitrogens with two attached hydrogens (primary N) is 1. The Morgan fingerprint density at radius 1 is 1.48 bits per heavy atom. The van der Waals surface area contributed by atoms with Crippen LogP contribution in [-0.4, -0.2) is 65.7 Å². The minimum absolute atomic E-state index is 0.127. The van der Waals surface area contributed by atoms with Gasteiger partial charge >= 0.3 is 15.4 Å². The first-order valence-corrected chi connectivity index (χ1v) is 9.81. The zero-order chi connectivity index (χ0) is 19.0. The van der Waals surface area contributed by atoms with E-state index < -0.39 is 32.4 Å². The average molecular weight is 391 g/mol. The summed E-state index contributed by atoms with van der Waals surface area (Å²) in [4.78, 5) is 12.4. The highest BCUT2D eigenvalue weighted by molar-refractivity contribution is 7.85. The highest BCUT2D eigenvalue weighted by atomic mass is 31.2. The Bertz CT molecular complexity index is 879. The van der Waals surface area contributed by atoms with Crippen molar-refractivity contribution >= 4 is 32.4 Å². The van der Waals surface area contributed by atoms with E-state index in [4.69, 9.17) is 41.6 Å². The molecule has 0 saturated carbocycles. The Morgan fingerprint density at radius 3 is 3.11 bits per heavy atom. The minimum Gasteiger partial charge on any atom is -0.382 e. The number of ether oxygens (including phenoxy) is 2. The molecule has 0 amide bonds. The van der Waals surface area contributed by atoms with Crippen molar-refractivity contribution in [3.63, 3.8) is 0 Å². The highest BCUT2D eigenvalue weighted by Crippen LogP contribution is 2.63. The fourth-order valence-electron chi connectivity index (χ4n) is 3.16. The summed E-state index contributed by atoms with van der Waals surface area (Å²) in [5.74, 6) is 0.278. The first kappa shape index (κ1) is 18.5. The van der Waals surface area contributed by atoms with Crippen LogP contribution >= 0.6 is 7.82 Å². The third-order valence-electron chi connectivity index (χ3n) is 4.39. The number of hydrogen-bond donors (Lipinski definition) is 1. The largest absolute Gasteiger partial charge is 0.488 e. The Hall–Kier alpha value is -1.87. The van der Waals surface area contributed by atoms with E-state index in [0.29, 0.717) is 11.2 Å². The Labute approximate surface area is 156 Å². The monoisotopic (exact) mass is 391 g/mol. The molecule has 0 aromatic carbocycles. The maximum atomic E-state index is 8.65. The first-order chi connectivity index (χ1) is 13.1. The molecule has 0 spiro atoms. The Kier molecular flexibility index (Phi) is 4.98. The van der Waals surface area contributed by atoms with Gasteiger partial charge in [0.15, 0.2) is 23.8 Å². The maximum absolute atomic E-state index is 8.65. The number of nitrogens with zero attached hydrogens (tertiary/aromatic N) is 5. The number of imidazole rings is 1. The highest BCUT2D eigenvalue weighted by Gasteiger charge is 2.59. The van der Waals surface area contributed by atoms with Crippen LogP contribution in [0.3, 0.4) is 0 Å². The molecular formula is C14H17BN6O5P+. The van der Waals surface area contributed by atoms with Gasteiger partial charge in [-0.25, -0.2) is 15.0 Å². The van der Waals surface area contributed by atoms with E-state index in [1.807, 2.05) is 6.07 Å². The van der Waals surface area contributed by atoms with Gasteiger partial charge in [0, 0.05) is 7.11 Å². The van der Waals surface area contributed by atoms with Gasteiger partial charge in [0.05, 0.1) is 18.8 Å². The van der Waals surface area contributed by atoms with Crippen LogP contribution in [0.2, 0.25) is 0 Å². The lowest BCUT2D eigenvalue weighted by molar-refractivity contribution is -0.0638. The number of anilines is 1. The second-order valence-corrected chi connectivity index (χ2v) is 7.80. The quantitative estimate of drug-likeness (QED) is 0.436. The molecule has 27 heavy (non-hydrogen) atoms. The molecule has 140 valence electrons. The fourth-order valence-corrected chi connectivity index (χ4v) is 4.66. The predicted molar refractivity (Wildman–Crippen MR) is 94.1 cm³/mol. The van der Waals surface area contributed by atoms with E-state index in [-0.39, 0.29) is 25.5 Å². The van der Waals surface area contributed by atoms with E-state index in [1.54, 1.807) is 18.0 Å². The summed E-state index contributed by atoms with van der Waals surface area (Å²) in [5, 5.41) is 8.65. The van der Waals surface area contributed by atoms with E-state index in [0.717, 1.165) is 0 Å². The van der Waals surface area contributed by atoms with Gasteiger partial charge in [-0.05, 0) is 0 Å². The molecule has 2 aromatic rings. The number of rotatable bonds is 5. The normalized spacial score (nSPS) is 33.0. The smallest absolute Gasteiger partial charge is 0.382 e. The number of aromatic nitrogens is 4. The van der Waals surface area contributed by atoms with Gasteiger partial charge in [0.2, 0.25) is 0 Å². The van der Waals surface area contributed by atoms with Crippen molar-refractivity contribution in [2.24, 2.45) is 0 Å². The summed E-state index contributed by atoms with van der Waals surface area (Å²) < 4.78 is 30.4. The fraction of sp³-hybridized carbons (Fsp3) is 0.571. The molecule has 13 heteroatoms. The number of hydrogen-bond acceptors (Lipinski definition) is 10. The van der Waals surface area contributed by atoms with Gasteiger partial charge in [-0.2, -0.15) is 18.8 Å². The van der Waals surface area contributed by atoms with E-state index in [2.05, 4.69) is 15.0 Å². The zero-order valence-corrected chi connectivity index (χ0v) is 15.4. The van der Waals surface area contributed by atoms with Crippen molar-refractivity contribution in [3.8, 4) is 6.07 Å². The molecule has 0 aliphatic carbocycles. The van der Waals surface area contributed by atoms with Crippen molar-refractivity contribution in [1.29, 1.82) is 5.26 Å². The molecule has 2 aliphatic heterocycles. The van der Waals surface area contributed by atoms with E-state index in [1.165, 1.54) is 6.33 Å². The van der Waals surface area contributed by atoms with Crippen LogP contribution in [0.4, 0.5) is 5.82 Å². The molecule has 11 nitrogen and oxygen atoms in total. The van der Waals surface area contributed by atoms with Crippen LogP contribution in [0.25, 0.3) is 11.2 Å². The SMILES string of the molecule is [B][P+]1(OCCC#N)OC[C@H]2O[C@@H](n3cnc4c(N)ncnc43)[C@H](OC)[C@@H]2O1. The van der Waals surface area contributed by atoms with Crippen molar-refractivity contribution in [2.45, 2.75) is 31.0 Å². The molecule has 2 saturated heterocycles. The van der Waals surface area contributed by atoms with Crippen LogP contribution in [0.1, 0.15) is 12.6 Å². The van der Waals surface area contributed by atoms with Crippen molar-refractivity contribution < 1.29 is 23.0 Å². The number of nitrogen functional groups attached to an aromatic ring is 1. The molecule has 2 aromatic heterocycles. The lowest BCUT2D eigenvalue weighted by atomic mass is 10.1. The standard InChI is InChI=1S/C14H17BN6O5P/c1-22-11-10-8(5-24-27(15,26-10)23-4-2-3-16)25-14(11)21-7-20-9-12(17)18-6-19-13(9)21/h6-8,10-11,14H,2,4-5H2,1H3,(H2,17,18,19)/q+1/t8-,10-,11-,14-,27?/m1/s1. The topological polar surface area (TPSA) is 140 Å². The van der Waals surface area contributed by atoms with Crippen LogP contribution < -0.4 is 5.73 Å². The molecule has 2 N–H and O–H groups in total. The van der Waals surface area contributed by atoms with Crippen LogP contribution in [0, 0.1) is 11.3 Å². The van der Waals surface area contributed by atoms with Gasteiger partial charge < -0.3 is 15.2 Å². The Balaban J connectivity index is 1.59. The van der Waals surface area contributed by atoms with Gasteiger partial charge in [-0.15, -0.1) is 0 Å². The third-order valence-corrected chi connectivity index (χ3v) is 5.98. The molecule has 2 fully saturated rings. The summed E-state index contributed by atoms with van der Waals surface area (Å²) in [5.41, 5.74) is 6.85. The second kappa shape index (κ2) is 7.28. The third kappa shape index (κ3) is 3.27. The maximum Gasteiger partial charge on any atom is 0.488 e. The van der Waals surface area contributed by atoms with Gasteiger partial charge in [-0.1, -0.05) is 0 Å². The van der Waals surface area contributed by atoms with Gasteiger partial charge in [0.1, 0.15) is 37.3 Å². The number of fused-ring (bicyclic) bond motifs is 2. The molecule has 4 heterocycles. The summed E-state index contributed by atoms with van der Waals surface area (Å²) >= 11 is 0.